The predicted molar refractivity (Wildman–Crippen MR) is 144 cm³/mol. The molecule has 170 valence electrons. The minimum absolute atomic E-state index is 0.0714. The van der Waals surface area contributed by atoms with Crippen LogP contribution in [0.5, 0.6) is 0 Å². The van der Waals surface area contributed by atoms with Gasteiger partial charge in [-0.2, -0.15) is 0 Å². The van der Waals surface area contributed by atoms with Crippen molar-refractivity contribution in [3.05, 3.63) is 89.0 Å². The van der Waals surface area contributed by atoms with Crippen LogP contribution in [0, 0.1) is 13.8 Å². The monoisotopic (exact) mass is 436 g/mol. The summed E-state index contributed by atoms with van der Waals surface area (Å²) >= 11 is 0. The second kappa shape index (κ2) is 8.33. The maximum atomic E-state index is 5.18. The quantitative estimate of drug-likeness (QED) is 0.347. The van der Waals surface area contributed by atoms with Gasteiger partial charge < -0.3 is 5.32 Å². The van der Waals surface area contributed by atoms with E-state index in [-0.39, 0.29) is 10.8 Å². The molecule has 0 atom stereocenters. The van der Waals surface area contributed by atoms with Crippen LogP contribution in [0.1, 0.15) is 63.8 Å². The highest BCUT2D eigenvalue weighted by atomic mass is 14.9. The molecule has 0 spiro atoms. The van der Waals surface area contributed by atoms with Gasteiger partial charge in [0.15, 0.2) is 0 Å². The number of aromatic nitrogens is 1. The summed E-state index contributed by atoms with van der Waals surface area (Å²) in [5.41, 5.74) is 10.7. The van der Waals surface area contributed by atoms with Gasteiger partial charge >= 0.3 is 0 Å². The Morgan fingerprint density at radius 3 is 1.82 bits per heavy atom. The average molecular weight is 437 g/mol. The number of hydrogen-bond donors (Lipinski definition) is 1. The molecule has 0 aliphatic heterocycles. The van der Waals surface area contributed by atoms with Crippen LogP contribution < -0.4 is 5.32 Å². The lowest BCUT2D eigenvalue weighted by Gasteiger charge is -2.26. The molecule has 0 saturated carbocycles. The van der Waals surface area contributed by atoms with Gasteiger partial charge in [0.05, 0.1) is 16.9 Å². The lowest BCUT2D eigenvalue weighted by Crippen LogP contribution is -2.16. The molecule has 0 unspecified atom stereocenters. The number of para-hydroxylation sites is 2. The molecular weight excluding hydrogens is 400 g/mol. The lowest BCUT2D eigenvalue weighted by molar-refractivity contribution is 0.569. The standard InChI is InChI=1S/C31H36N2/c1-20-11-9-12-21(2)28(20)33-27-14-10-13-22-15-16-26(32-29(22)27)23-17-24(30(3,4)5)19-25(18-23)31(6,7)8/h9-19,33H,1-8H3. The zero-order valence-electron chi connectivity index (χ0n) is 21.3. The van der Waals surface area contributed by atoms with Gasteiger partial charge in [-0.15, -0.1) is 0 Å². The first-order valence-electron chi connectivity index (χ1n) is 11.8. The highest BCUT2D eigenvalue weighted by Gasteiger charge is 2.21. The van der Waals surface area contributed by atoms with Gasteiger partial charge in [-0.3, -0.25) is 0 Å². The summed E-state index contributed by atoms with van der Waals surface area (Å²) in [6.07, 6.45) is 0. The molecule has 0 bridgehead atoms. The molecule has 2 heteroatoms. The zero-order valence-corrected chi connectivity index (χ0v) is 21.3. The molecule has 0 amide bonds. The minimum atomic E-state index is 0.0714. The number of benzene rings is 3. The van der Waals surface area contributed by atoms with Gasteiger partial charge in [-0.05, 0) is 71.2 Å². The first kappa shape index (κ1) is 23.0. The number of hydrogen-bond acceptors (Lipinski definition) is 2. The Bertz CT molecular complexity index is 1260. The van der Waals surface area contributed by atoms with Crippen molar-refractivity contribution in [2.24, 2.45) is 0 Å². The molecule has 1 heterocycles. The van der Waals surface area contributed by atoms with Gasteiger partial charge in [0, 0.05) is 16.6 Å². The Kier molecular flexibility index (Phi) is 5.82. The van der Waals surface area contributed by atoms with Crippen molar-refractivity contribution in [3.63, 3.8) is 0 Å². The Hall–Kier alpha value is -3.13. The maximum Gasteiger partial charge on any atom is 0.0944 e. The number of nitrogens with zero attached hydrogens (tertiary/aromatic N) is 1. The van der Waals surface area contributed by atoms with E-state index in [4.69, 9.17) is 4.98 Å². The molecule has 33 heavy (non-hydrogen) atoms. The zero-order chi connectivity index (χ0) is 24.0. The van der Waals surface area contributed by atoms with Gasteiger partial charge in [-0.1, -0.05) is 84.0 Å². The third-order valence-corrected chi connectivity index (χ3v) is 6.42. The first-order chi connectivity index (χ1) is 15.4. The molecule has 4 rings (SSSR count). The van der Waals surface area contributed by atoms with Crippen LogP contribution in [0.25, 0.3) is 22.2 Å². The van der Waals surface area contributed by atoms with Gasteiger partial charge in [0.2, 0.25) is 0 Å². The van der Waals surface area contributed by atoms with Crippen molar-refractivity contribution < 1.29 is 0 Å². The highest BCUT2D eigenvalue weighted by molar-refractivity contribution is 5.94. The van der Waals surface area contributed by atoms with Crippen LogP contribution in [0.15, 0.2) is 66.7 Å². The summed E-state index contributed by atoms with van der Waals surface area (Å²) < 4.78 is 0. The SMILES string of the molecule is Cc1cccc(C)c1Nc1cccc2ccc(-c3cc(C(C)(C)C)cc(C(C)(C)C)c3)nc12. The summed E-state index contributed by atoms with van der Waals surface area (Å²) in [5.74, 6) is 0. The normalized spacial score (nSPS) is 12.2. The fourth-order valence-corrected chi connectivity index (χ4v) is 4.20. The van der Waals surface area contributed by atoms with Crippen LogP contribution >= 0.6 is 0 Å². The summed E-state index contributed by atoms with van der Waals surface area (Å²) in [7, 11) is 0. The molecule has 0 radical (unpaired) electrons. The Labute approximate surface area is 199 Å². The number of anilines is 2. The molecule has 4 aromatic rings. The van der Waals surface area contributed by atoms with Crippen LogP contribution in [0.4, 0.5) is 11.4 Å². The number of rotatable bonds is 3. The van der Waals surface area contributed by atoms with Crippen molar-refractivity contribution in [1.82, 2.24) is 4.98 Å². The van der Waals surface area contributed by atoms with Crippen molar-refractivity contribution in [2.45, 2.75) is 66.2 Å². The van der Waals surface area contributed by atoms with E-state index in [0.29, 0.717) is 0 Å². The van der Waals surface area contributed by atoms with E-state index < -0.39 is 0 Å². The summed E-state index contributed by atoms with van der Waals surface area (Å²) in [6, 6.07) is 24.1. The predicted octanol–water partition coefficient (Wildman–Crippen LogP) is 8.86. The molecule has 0 saturated heterocycles. The fraction of sp³-hybridized carbons (Fsp3) is 0.323. The van der Waals surface area contributed by atoms with E-state index in [1.807, 2.05) is 0 Å². The molecule has 3 aromatic carbocycles. The van der Waals surface area contributed by atoms with Crippen molar-refractivity contribution in [2.75, 3.05) is 5.32 Å². The Morgan fingerprint density at radius 1 is 0.667 bits per heavy atom. The molecule has 0 fully saturated rings. The van der Waals surface area contributed by atoms with Crippen LogP contribution in [0.2, 0.25) is 0 Å². The van der Waals surface area contributed by atoms with Crippen molar-refractivity contribution in [3.8, 4) is 11.3 Å². The molecular formula is C31H36N2. The second-order valence-corrected chi connectivity index (χ2v) is 11.3. The Morgan fingerprint density at radius 2 is 1.24 bits per heavy atom. The summed E-state index contributed by atoms with van der Waals surface area (Å²) in [4.78, 5) is 5.18. The molecule has 0 aliphatic rings. The van der Waals surface area contributed by atoms with Crippen LogP contribution in [-0.4, -0.2) is 4.98 Å². The minimum Gasteiger partial charge on any atom is -0.353 e. The smallest absolute Gasteiger partial charge is 0.0944 e. The summed E-state index contributed by atoms with van der Waals surface area (Å²) in [5, 5.41) is 4.81. The number of aryl methyl sites for hydroxylation is 2. The third-order valence-electron chi connectivity index (χ3n) is 6.42. The van der Waals surface area contributed by atoms with Crippen molar-refractivity contribution >= 4 is 22.3 Å². The molecule has 1 N–H and O–H groups in total. The van der Waals surface area contributed by atoms with Gasteiger partial charge in [0.25, 0.3) is 0 Å². The first-order valence-corrected chi connectivity index (χ1v) is 11.8. The molecule has 0 aliphatic carbocycles. The lowest BCUT2D eigenvalue weighted by atomic mass is 9.79. The summed E-state index contributed by atoms with van der Waals surface area (Å²) in [6.45, 7) is 17.9. The van der Waals surface area contributed by atoms with E-state index in [1.165, 1.54) is 27.8 Å². The molecule has 2 nitrogen and oxygen atoms in total. The van der Waals surface area contributed by atoms with E-state index in [2.05, 4.69) is 127 Å². The van der Waals surface area contributed by atoms with E-state index in [0.717, 1.165) is 28.0 Å². The Balaban J connectivity index is 1.87. The van der Waals surface area contributed by atoms with Gasteiger partial charge in [0.1, 0.15) is 0 Å². The number of fused-ring (bicyclic) bond motifs is 1. The van der Waals surface area contributed by atoms with E-state index in [1.54, 1.807) is 0 Å². The third kappa shape index (κ3) is 4.80. The van der Waals surface area contributed by atoms with E-state index >= 15 is 0 Å². The van der Waals surface area contributed by atoms with E-state index in [9.17, 15) is 0 Å². The van der Waals surface area contributed by atoms with Crippen molar-refractivity contribution in [1.29, 1.82) is 0 Å². The number of pyridine rings is 1. The second-order valence-electron chi connectivity index (χ2n) is 11.3. The average Bonchev–Trinajstić information content (AvgIpc) is 2.74. The molecule has 1 aromatic heterocycles. The van der Waals surface area contributed by atoms with Crippen LogP contribution in [0.3, 0.4) is 0 Å². The fourth-order valence-electron chi connectivity index (χ4n) is 4.20. The number of nitrogens with one attached hydrogen (secondary N) is 1. The van der Waals surface area contributed by atoms with Crippen LogP contribution in [-0.2, 0) is 10.8 Å². The largest absolute Gasteiger partial charge is 0.353 e. The topological polar surface area (TPSA) is 24.9 Å². The highest BCUT2D eigenvalue weighted by Crippen LogP contribution is 2.35. The maximum absolute atomic E-state index is 5.18. The van der Waals surface area contributed by atoms with Gasteiger partial charge in [-0.25, -0.2) is 4.98 Å².